The van der Waals surface area contributed by atoms with Crippen molar-refractivity contribution in [2.24, 2.45) is 0 Å². The Hall–Kier alpha value is -3.61. The van der Waals surface area contributed by atoms with Gasteiger partial charge in [-0.05, 0) is 50.6 Å². The number of H-pyrrole nitrogens is 1. The highest BCUT2D eigenvalue weighted by atomic mass is 16.5. The van der Waals surface area contributed by atoms with Crippen molar-refractivity contribution in [3.05, 3.63) is 76.9 Å². The molecule has 7 heteroatoms. The van der Waals surface area contributed by atoms with Gasteiger partial charge in [0.1, 0.15) is 23.9 Å². The highest BCUT2D eigenvalue weighted by Gasteiger charge is 2.14. The molecule has 30 heavy (non-hydrogen) atoms. The van der Waals surface area contributed by atoms with Gasteiger partial charge in [0.2, 0.25) is 5.91 Å². The van der Waals surface area contributed by atoms with E-state index in [-0.39, 0.29) is 18.4 Å². The molecule has 154 valence electrons. The van der Waals surface area contributed by atoms with Gasteiger partial charge in [0.05, 0.1) is 34.8 Å². The van der Waals surface area contributed by atoms with Gasteiger partial charge in [-0.1, -0.05) is 29.4 Å². The van der Waals surface area contributed by atoms with Crippen LogP contribution in [0.2, 0.25) is 0 Å². The number of hydrogen-bond acceptors (Lipinski definition) is 5. The Morgan fingerprint density at radius 3 is 2.63 bits per heavy atom. The molecule has 2 aromatic heterocycles. The number of aromatic nitrogens is 3. The minimum atomic E-state index is -0.206. The molecular weight excluding hydrogens is 380 g/mol. The number of nitrogens with zero attached hydrogens (tertiary/aromatic N) is 2. The molecule has 7 nitrogen and oxygen atoms in total. The van der Waals surface area contributed by atoms with Crippen molar-refractivity contribution in [3.63, 3.8) is 0 Å². The number of ether oxygens (including phenoxy) is 1. The number of rotatable bonds is 7. The van der Waals surface area contributed by atoms with Gasteiger partial charge >= 0.3 is 0 Å². The highest BCUT2D eigenvalue weighted by Crippen LogP contribution is 2.19. The molecule has 2 aromatic carbocycles. The summed E-state index contributed by atoms with van der Waals surface area (Å²) in [6.07, 6.45) is 0.286. The number of hydrogen-bond donors (Lipinski definition) is 2. The number of fused-ring (bicyclic) bond motifs is 1. The second kappa shape index (κ2) is 8.41. The van der Waals surface area contributed by atoms with E-state index in [0.29, 0.717) is 6.61 Å². The molecule has 1 atom stereocenters. The van der Waals surface area contributed by atoms with Gasteiger partial charge in [0.25, 0.3) is 0 Å². The van der Waals surface area contributed by atoms with Crippen LogP contribution in [0.15, 0.2) is 53.1 Å². The Labute approximate surface area is 174 Å². The van der Waals surface area contributed by atoms with E-state index in [1.165, 1.54) is 0 Å². The topological polar surface area (TPSA) is 93.0 Å². The maximum Gasteiger partial charge on any atom is 0.224 e. The van der Waals surface area contributed by atoms with Crippen molar-refractivity contribution in [1.82, 2.24) is 20.4 Å². The number of benzene rings is 2. The fraction of sp³-hybridized carbons (Fsp3) is 0.261. The van der Waals surface area contributed by atoms with Crippen LogP contribution < -0.4 is 10.1 Å². The molecule has 4 aromatic rings. The number of carbonyl (C=O) groups is 1. The van der Waals surface area contributed by atoms with Crippen LogP contribution in [0.3, 0.4) is 0 Å². The third-order valence-corrected chi connectivity index (χ3v) is 5.05. The highest BCUT2D eigenvalue weighted by molar-refractivity contribution is 5.79. The number of carbonyl (C=O) groups excluding carboxylic acids is 1. The molecule has 4 rings (SSSR count). The molecule has 0 spiro atoms. The van der Waals surface area contributed by atoms with Gasteiger partial charge in [-0.2, -0.15) is 0 Å². The minimum Gasteiger partial charge on any atom is -0.489 e. The zero-order chi connectivity index (χ0) is 21.1. The lowest BCUT2D eigenvalue weighted by Gasteiger charge is -2.12. The SMILES string of the molecule is Cc1noc(C)c1COc1ccc(CC(=O)N[C@@H](C)c2nc3ccccc3[nH]2)cc1. The third-order valence-electron chi connectivity index (χ3n) is 5.05. The van der Waals surface area contributed by atoms with Crippen molar-refractivity contribution in [2.45, 2.75) is 39.8 Å². The first kappa shape index (κ1) is 19.7. The molecule has 0 unspecified atom stereocenters. The number of aryl methyl sites for hydroxylation is 2. The van der Waals surface area contributed by atoms with Gasteiger partial charge < -0.3 is 19.6 Å². The smallest absolute Gasteiger partial charge is 0.224 e. The normalized spacial score (nSPS) is 12.1. The van der Waals surface area contributed by atoms with Crippen LogP contribution in [-0.2, 0) is 17.8 Å². The lowest BCUT2D eigenvalue weighted by Crippen LogP contribution is -2.28. The van der Waals surface area contributed by atoms with Crippen molar-refractivity contribution in [2.75, 3.05) is 0 Å². The van der Waals surface area contributed by atoms with Crippen LogP contribution in [0.25, 0.3) is 11.0 Å². The first-order chi connectivity index (χ1) is 14.5. The fourth-order valence-electron chi connectivity index (χ4n) is 3.29. The first-order valence-corrected chi connectivity index (χ1v) is 9.87. The van der Waals surface area contributed by atoms with Crippen molar-refractivity contribution >= 4 is 16.9 Å². The predicted octanol–water partition coefficient (Wildman–Crippen LogP) is 4.17. The van der Waals surface area contributed by atoms with Crippen molar-refractivity contribution in [1.29, 1.82) is 0 Å². The second-order valence-electron chi connectivity index (χ2n) is 7.34. The van der Waals surface area contributed by atoms with Gasteiger partial charge in [0, 0.05) is 0 Å². The van der Waals surface area contributed by atoms with Crippen LogP contribution in [0.5, 0.6) is 5.75 Å². The molecule has 0 aliphatic carbocycles. The van der Waals surface area contributed by atoms with Crippen LogP contribution >= 0.6 is 0 Å². The van der Waals surface area contributed by atoms with Gasteiger partial charge in [-0.15, -0.1) is 0 Å². The van der Waals surface area contributed by atoms with Crippen LogP contribution in [0.1, 0.15) is 41.4 Å². The Balaban J connectivity index is 1.32. The molecule has 0 fully saturated rings. The summed E-state index contributed by atoms with van der Waals surface area (Å²) in [6.45, 7) is 6.08. The summed E-state index contributed by atoms with van der Waals surface area (Å²) in [5, 5.41) is 6.92. The fourth-order valence-corrected chi connectivity index (χ4v) is 3.29. The number of para-hydroxylation sites is 2. The third kappa shape index (κ3) is 4.35. The van der Waals surface area contributed by atoms with E-state index >= 15 is 0 Å². The summed E-state index contributed by atoms with van der Waals surface area (Å²) in [6, 6.07) is 15.1. The lowest BCUT2D eigenvalue weighted by atomic mass is 10.1. The largest absolute Gasteiger partial charge is 0.489 e. The number of amides is 1. The molecule has 0 bridgehead atoms. The molecule has 0 aliphatic rings. The standard InChI is InChI=1S/C23H24N4O3/c1-14-19(16(3)30-27-14)13-29-18-10-8-17(9-11-18)12-22(28)24-15(2)23-25-20-6-4-5-7-21(20)26-23/h4-11,15H,12-13H2,1-3H3,(H,24,28)(H,25,26)/t15-/m0/s1. The summed E-state index contributed by atoms with van der Waals surface area (Å²) in [7, 11) is 0. The van der Waals surface area contributed by atoms with Crippen molar-refractivity contribution in [3.8, 4) is 5.75 Å². The molecular formula is C23H24N4O3. The Bertz CT molecular complexity index is 1110. The lowest BCUT2D eigenvalue weighted by molar-refractivity contribution is -0.121. The Morgan fingerprint density at radius 2 is 1.93 bits per heavy atom. The van der Waals surface area contributed by atoms with E-state index in [0.717, 1.165) is 45.2 Å². The van der Waals surface area contributed by atoms with Crippen molar-refractivity contribution < 1.29 is 14.1 Å². The summed E-state index contributed by atoms with van der Waals surface area (Å²) in [5.41, 5.74) is 4.55. The van der Waals surface area contributed by atoms with Crippen LogP contribution in [0.4, 0.5) is 0 Å². The molecule has 0 saturated heterocycles. The van der Waals surface area contributed by atoms with E-state index < -0.39 is 0 Å². The first-order valence-electron chi connectivity index (χ1n) is 9.87. The van der Waals surface area contributed by atoms with E-state index in [9.17, 15) is 4.79 Å². The maximum absolute atomic E-state index is 12.5. The summed E-state index contributed by atoms with van der Waals surface area (Å²) >= 11 is 0. The van der Waals surface area contributed by atoms with E-state index in [4.69, 9.17) is 9.26 Å². The molecule has 0 saturated carbocycles. The molecule has 1 amide bonds. The monoisotopic (exact) mass is 404 g/mol. The van der Waals surface area contributed by atoms with E-state index in [1.54, 1.807) is 0 Å². The van der Waals surface area contributed by atoms with E-state index in [2.05, 4.69) is 20.4 Å². The average molecular weight is 404 g/mol. The van der Waals surface area contributed by atoms with Crippen LogP contribution in [-0.4, -0.2) is 21.0 Å². The molecule has 2 N–H and O–H groups in total. The summed E-state index contributed by atoms with van der Waals surface area (Å²) < 4.78 is 11.0. The summed E-state index contributed by atoms with van der Waals surface area (Å²) in [4.78, 5) is 20.2. The Kier molecular flexibility index (Phi) is 5.52. The zero-order valence-corrected chi connectivity index (χ0v) is 17.2. The summed E-state index contributed by atoms with van der Waals surface area (Å²) in [5.74, 6) is 2.18. The maximum atomic E-state index is 12.5. The van der Waals surface area contributed by atoms with Crippen LogP contribution in [0, 0.1) is 13.8 Å². The van der Waals surface area contributed by atoms with Gasteiger partial charge in [0.15, 0.2) is 0 Å². The van der Waals surface area contributed by atoms with Gasteiger partial charge in [-0.25, -0.2) is 4.98 Å². The minimum absolute atomic E-state index is 0.0626. The average Bonchev–Trinajstić information content (AvgIpc) is 3.31. The molecule has 0 radical (unpaired) electrons. The quantitative estimate of drug-likeness (QED) is 0.482. The zero-order valence-electron chi connectivity index (χ0n) is 17.2. The van der Waals surface area contributed by atoms with E-state index in [1.807, 2.05) is 69.3 Å². The number of imidazole rings is 1. The van der Waals surface area contributed by atoms with Gasteiger partial charge in [-0.3, -0.25) is 4.79 Å². The Morgan fingerprint density at radius 1 is 1.17 bits per heavy atom. The molecule has 0 aliphatic heterocycles. The predicted molar refractivity (Wildman–Crippen MR) is 113 cm³/mol. The second-order valence-corrected chi connectivity index (χ2v) is 7.34. The number of aromatic amines is 1. The number of nitrogens with one attached hydrogen (secondary N) is 2. The molecule has 2 heterocycles.